The SMILES string of the molecule is CCCCOC(=O)C1CSCN1C(=O)c1ccc(OC)cc1OC. The van der Waals surface area contributed by atoms with Crippen LogP contribution in [0.25, 0.3) is 0 Å². The van der Waals surface area contributed by atoms with Crippen LogP contribution in [0.4, 0.5) is 0 Å². The molecule has 1 aromatic rings. The molecule has 1 saturated heterocycles. The first kappa shape index (κ1) is 18.4. The van der Waals surface area contributed by atoms with Gasteiger partial charge in [-0.3, -0.25) is 4.79 Å². The predicted octanol–water partition coefficient (Wildman–Crippen LogP) is 2.56. The maximum atomic E-state index is 12.9. The second kappa shape index (κ2) is 8.82. The number of carbonyl (C=O) groups excluding carboxylic acids is 2. The minimum absolute atomic E-state index is 0.239. The molecule has 1 unspecified atom stereocenters. The molecule has 0 radical (unpaired) electrons. The van der Waals surface area contributed by atoms with Crippen LogP contribution in [0.15, 0.2) is 18.2 Å². The van der Waals surface area contributed by atoms with Crippen molar-refractivity contribution in [2.75, 3.05) is 32.5 Å². The van der Waals surface area contributed by atoms with Crippen molar-refractivity contribution in [2.45, 2.75) is 25.8 Å². The molecule has 0 saturated carbocycles. The molecule has 1 aliphatic heterocycles. The molecule has 1 fully saturated rings. The highest BCUT2D eigenvalue weighted by Crippen LogP contribution is 2.30. The van der Waals surface area contributed by atoms with Gasteiger partial charge in [0.05, 0.1) is 32.3 Å². The molecule has 0 N–H and O–H groups in total. The largest absolute Gasteiger partial charge is 0.497 e. The molecule has 2 rings (SSSR count). The highest BCUT2D eigenvalue weighted by molar-refractivity contribution is 7.99. The molecule has 132 valence electrons. The number of amides is 1. The average Bonchev–Trinajstić information content (AvgIpc) is 3.10. The molecular weight excluding hydrogens is 330 g/mol. The Labute approximate surface area is 146 Å². The van der Waals surface area contributed by atoms with E-state index in [1.165, 1.54) is 7.11 Å². The molecular formula is C17H23NO5S. The van der Waals surface area contributed by atoms with E-state index in [9.17, 15) is 9.59 Å². The van der Waals surface area contributed by atoms with Crippen molar-refractivity contribution in [3.05, 3.63) is 23.8 Å². The maximum Gasteiger partial charge on any atom is 0.329 e. The maximum absolute atomic E-state index is 12.9. The third kappa shape index (κ3) is 4.14. The Hall–Kier alpha value is -1.89. The van der Waals surface area contributed by atoms with Crippen LogP contribution in [0.3, 0.4) is 0 Å². The summed E-state index contributed by atoms with van der Waals surface area (Å²) in [6.07, 6.45) is 1.78. The third-order valence-corrected chi connectivity index (χ3v) is 4.81. The van der Waals surface area contributed by atoms with Gasteiger partial charge in [-0.15, -0.1) is 11.8 Å². The lowest BCUT2D eigenvalue weighted by molar-refractivity contribution is -0.147. The summed E-state index contributed by atoms with van der Waals surface area (Å²) in [5.41, 5.74) is 0.409. The molecule has 0 aromatic heterocycles. The number of thioether (sulfide) groups is 1. The van der Waals surface area contributed by atoms with Crippen LogP contribution in [0.1, 0.15) is 30.1 Å². The topological polar surface area (TPSA) is 65.1 Å². The van der Waals surface area contributed by atoms with Crippen LogP contribution < -0.4 is 9.47 Å². The van der Waals surface area contributed by atoms with E-state index in [1.54, 1.807) is 42.0 Å². The van der Waals surface area contributed by atoms with Gasteiger partial charge >= 0.3 is 5.97 Å². The molecule has 24 heavy (non-hydrogen) atoms. The number of benzene rings is 1. The van der Waals surface area contributed by atoms with Crippen molar-refractivity contribution in [1.82, 2.24) is 4.90 Å². The first-order valence-electron chi connectivity index (χ1n) is 7.89. The fraction of sp³-hybridized carbons (Fsp3) is 0.529. The number of ether oxygens (including phenoxy) is 3. The fourth-order valence-electron chi connectivity index (χ4n) is 2.38. The van der Waals surface area contributed by atoms with Crippen LogP contribution in [0, 0.1) is 0 Å². The van der Waals surface area contributed by atoms with E-state index in [4.69, 9.17) is 14.2 Å². The number of unbranched alkanes of at least 4 members (excludes halogenated alkanes) is 1. The van der Waals surface area contributed by atoms with E-state index in [0.717, 1.165) is 12.8 Å². The zero-order valence-electron chi connectivity index (χ0n) is 14.2. The first-order valence-corrected chi connectivity index (χ1v) is 9.05. The van der Waals surface area contributed by atoms with Gasteiger partial charge in [0.1, 0.15) is 17.5 Å². The molecule has 1 atom stereocenters. The fourth-order valence-corrected chi connectivity index (χ4v) is 3.52. The third-order valence-electron chi connectivity index (χ3n) is 3.80. The van der Waals surface area contributed by atoms with Gasteiger partial charge in [0, 0.05) is 11.8 Å². The normalized spacial score (nSPS) is 16.8. The van der Waals surface area contributed by atoms with Gasteiger partial charge in [0.15, 0.2) is 0 Å². The molecule has 6 nitrogen and oxygen atoms in total. The lowest BCUT2D eigenvalue weighted by Crippen LogP contribution is -2.43. The standard InChI is InChI=1S/C17H23NO5S/c1-4-5-8-23-17(20)14-10-24-11-18(14)16(19)13-7-6-12(21-2)9-15(13)22-3/h6-7,9,14H,4-5,8,10-11H2,1-3H3. The summed E-state index contributed by atoms with van der Waals surface area (Å²) in [6.45, 7) is 2.43. The van der Waals surface area contributed by atoms with Crippen molar-refractivity contribution in [3.8, 4) is 11.5 Å². The quantitative estimate of drug-likeness (QED) is 0.554. The van der Waals surface area contributed by atoms with Gasteiger partial charge < -0.3 is 19.1 Å². The summed E-state index contributed by atoms with van der Waals surface area (Å²) in [7, 11) is 3.05. The second-order valence-corrected chi connectivity index (χ2v) is 6.38. The van der Waals surface area contributed by atoms with E-state index >= 15 is 0 Å². The molecule has 1 aromatic carbocycles. The van der Waals surface area contributed by atoms with Gasteiger partial charge in [-0.1, -0.05) is 13.3 Å². The molecule has 0 aliphatic carbocycles. The van der Waals surface area contributed by atoms with E-state index in [0.29, 0.717) is 35.3 Å². The van der Waals surface area contributed by atoms with Crippen molar-refractivity contribution >= 4 is 23.6 Å². The number of esters is 1. The van der Waals surface area contributed by atoms with Crippen molar-refractivity contribution in [3.63, 3.8) is 0 Å². The Morgan fingerprint density at radius 3 is 2.75 bits per heavy atom. The number of carbonyl (C=O) groups is 2. The lowest BCUT2D eigenvalue weighted by Gasteiger charge is -2.23. The molecule has 1 heterocycles. The molecule has 0 bridgehead atoms. The van der Waals surface area contributed by atoms with Gasteiger partial charge in [0.2, 0.25) is 0 Å². The zero-order valence-corrected chi connectivity index (χ0v) is 15.1. The molecule has 0 spiro atoms. The predicted molar refractivity (Wildman–Crippen MR) is 92.7 cm³/mol. The molecule has 1 aliphatic rings. The first-order chi connectivity index (χ1) is 11.6. The number of nitrogens with zero attached hydrogens (tertiary/aromatic N) is 1. The zero-order chi connectivity index (χ0) is 17.5. The summed E-state index contributed by atoms with van der Waals surface area (Å²) >= 11 is 1.54. The van der Waals surface area contributed by atoms with Crippen LogP contribution >= 0.6 is 11.8 Å². The number of methoxy groups -OCH3 is 2. The van der Waals surface area contributed by atoms with Crippen molar-refractivity contribution < 1.29 is 23.8 Å². The smallest absolute Gasteiger partial charge is 0.329 e. The van der Waals surface area contributed by atoms with Crippen molar-refractivity contribution in [2.24, 2.45) is 0 Å². The summed E-state index contributed by atoms with van der Waals surface area (Å²) in [6, 6.07) is 4.47. The highest BCUT2D eigenvalue weighted by atomic mass is 32.2. The number of hydrogen-bond donors (Lipinski definition) is 0. The van der Waals surface area contributed by atoms with Crippen LogP contribution in [-0.2, 0) is 9.53 Å². The van der Waals surface area contributed by atoms with Gasteiger partial charge in [-0.25, -0.2) is 4.79 Å². The van der Waals surface area contributed by atoms with Crippen molar-refractivity contribution in [1.29, 1.82) is 0 Å². The van der Waals surface area contributed by atoms with E-state index in [2.05, 4.69) is 0 Å². The Morgan fingerprint density at radius 2 is 2.08 bits per heavy atom. The summed E-state index contributed by atoms with van der Waals surface area (Å²) in [5.74, 6) is 1.46. The number of rotatable bonds is 7. The molecule has 7 heteroatoms. The van der Waals surface area contributed by atoms with E-state index < -0.39 is 6.04 Å². The Bertz CT molecular complexity index is 592. The number of hydrogen-bond acceptors (Lipinski definition) is 6. The van der Waals surface area contributed by atoms with Crippen LogP contribution in [0.5, 0.6) is 11.5 Å². The lowest BCUT2D eigenvalue weighted by atomic mass is 10.1. The summed E-state index contributed by atoms with van der Waals surface area (Å²) < 4.78 is 15.7. The molecule has 1 amide bonds. The Morgan fingerprint density at radius 1 is 1.29 bits per heavy atom. The average molecular weight is 353 g/mol. The summed E-state index contributed by atoms with van der Waals surface area (Å²) in [4.78, 5) is 26.6. The summed E-state index contributed by atoms with van der Waals surface area (Å²) in [5, 5.41) is 0. The highest BCUT2D eigenvalue weighted by Gasteiger charge is 2.37. The van der Waals surface area contributed by atoms with Gasteiger partial charge in [0.25, 0.3) is 5.91 Å². The minimum atomic E-state index is -0.550. The van der Waals surface area contributed by atoms with Gasteiger partial charge in [-0.05, 0) is 18.6 Å². The van der Waals surface area contributed by atoms with E-state index in [-0.39, 0.29) is 11.9 Å². The van der Waals surface area contributed by atoms with E-state index in [1.807, 2.05) is 6.92 Å². The van der Waals surface area contributed by atoms with Gasteiger partial charge in [-0.2, -0.15) is 0 Å². The van der Waals surface area contributed by atoms with Crippen LogP contribution in [-0.4, -0.2) is 55.3 Å². The van der Waals surface area contributed by atoms with Crippen LogP contribution in [0.2, 0.25) is 0 Å². The second-order valence-electron chi connectivity index (χ2n) is 5.38. The monoisotopic (exact) mass is 353 g/mol. The minimum Gasteiger partial charge on any atom is -0.497 e. The Balaban J connectivity index is 2.14. The Kier molecular flexibility index (Phi) is 6.78.